The van der Waals surface area contributed by atoms with Gasteiger partial charge in [-0.1, -0.05) is 12.1 Å². The van der Waals surface area contributed by atoms with Crippen molar-refractivity contribution in [1.29, 1.82) is 0 Å². The van der Waals surface area contributed by atoms with Gasteiger partial charge in [-0.25, -0.2) is 18.0 Å². The first-order valence-corrected chi connectivity index (χ1v) is 15.2. The predicted molar refractivity (Wildman–Crippen MR) is 144 cm³/mol. The Hall–Kier alpha value is -3.94. The van der Waals surface area contributed by atoms with Crippen LogP contribution < -0.4 is 15.8 Å². The molecule has 2 heterocycles. The second-order valence-electron chi connectivity index (χ2n) is 9.70. The number of hydrogen-bond acceptors (Lipinski definition) is 11. The average molecular weight is 684 g/mol. The van der Waals surface area contributed by atoms with Gasteiger partial charge in [0.05, 0.1) is 18.0 Å². The number of sulfone groups is 1. The molecule has 0 radical (unpaired) electrons. The van der Waals surface area contributed by atoms with E-state index in [1.54, 1.807) is 24.3 Å². The Labute approximate surface area is 254 Å². The Morgan fingerprint density at radius 1 is 1.00 bits per heavy atom. The van der Waals surface area contributed by atoms with Crippen LogP contribution in [-0.4, -0.2) is 69.1 Å². The largest absolute Gasteiger partial charge is 0.497 e. The van der Waals surface area contributed by atoms with E-state index in [4.69, 9.17) is 10.5 Å². The Kier molecular flexibility index (Phi) is 9.39. The van der Waals surface area contributed by atoms with Crippen molar-refractivity contribution in [3.63, 3.8) is 0 Å². The number of alkyl halides is 6. The Bertz CT molecular complexity index is 1700. The number of amides is 1. The number of rotatable bonds is 10. The van der Waals surface area contributed by atoms with Crippen LogP contribution in [0.1, 0.15) is 16.9 Å². The highest BCUT2D eigenvalue weighted by Gasteiger charge is 2.52. The minimum atomic E-state index is -5.69. The molecule has 11 nitrogen and oxygen atoms in total. The quantitative estimate of drug-likeness (QED) is 0.185. The van der Waals surface area contributed by atoms with Crippen LogP contribution in [0.25, 0.3) is 10.8 Å². The third-order valence-corrected chi connectivity index (χ3v) is 9.11. The Morgan fingerprint density at radius 3 is 2.22 bits per heavy atom. The first-order chi connectivity index (χ1) is 20.8. The smallest absolute Gasteiger partial charge is 0.491 e. The summed E-state index contributed by atoms with van der Waals surface area (Å²) in [6.07, 6.45) is -11.2. The molecule has 0 spiro atoms. The number of nitrogens with one attached hydrogen (secondary N) is 1. The van der Waals surface area contributed by atoms with E-state index in [-0.39, 0.29) is 30.0 Å². The summed E-state index contributed by atoms with van der Waals surface area (Å²) in [4.78, 5) is 36.2. The second kappa shape index (κ2) is 12.5. The number of hydrogen-bond donors (Lipinski definition) is 2. The molecule has 1 unspecified atom stereocenters. The van der Waals surface area contributed by atoms with Gasteiger partial charge in [-0.3, -0.25) is 15.8 Å². The second-order valence-corrected chi connectivity index (χ2v) is 12.6. The number of esters is 2. The summed E-state index contributed by atoms with van der Waals surface area (Å²) in [5.74, 6) is -10.2. The number of carbonyl (C=O) groups excluding carboxylic acids is 3. The van der Waals surface area contributed by atoms with E-state index in [9.17, 15) is 49.1 Å². The summed E-state index contributed by atoms with van der Waals surface area (Å²) in [7, 11) is -2.42. The van der Waals surface area contributed by atoms with Gasteiger partial charge >= 0.3 is 30.2 Å². The lowest BCUT2D eigenvalue weighted by atomic mass is 10.1. The minimum absolute atomic E-state index is 0.00609. The van der Waals surface area contributed by atoms with Crippen molar-refractivity contribution < 1.29 is 63.4 Å². The van der Waals surface area contributed by atoms with E-state index in [0.717, 1.165) is 11.5 Å². The fourth-order valence-corrected chi connectivity index (χ4v) is 6.33. The molecule has 1 aliphatic heterocycles. The molecule has 1 saturated heterocycles. The van der Waals surface area contributed by atoms with E-state index in [1.807, 2.05) is 0 Å². The van der Waals surface area contributed by atoms with Gasteiger partial charge in [-0.15, -0.1) is 11.3 Å². The molecule has 1 amide bonds. The van der Waals surface area contributed by atoms with Crippen molar-refractivity contribution in [1.82, 2.24) is 10.2 Å². The summed E-state index contributed by atoms with van der Waals surface area (Å²) >= 11 is 0.406. The maximum absolute atomic E-state index is 13.0. The number of halogens is 6. The van der Waals surface area contributed by atoms with Gasteiger partial charge in [-0.05, 0) is 58.5 Å². The van der Waals surface area contributed by atoms with Crippen LogP contribution >= 0.6 is 11.3 Å². The van der Waals surface area contributed by atoms with Crippen LogP contribution in [-0.2, 0) is 46.2 Å². The van der Waals surface area contributed by atoms with Gasteiger partial charge in [0.2, 0.25) is 5.91 Å². The molecule has 3 aromatic rings. The van der Waals surface area contributed by atoms with Crippen LogP contribution in [0.4, 0.5) is 26.3 Å². The molecule has 1 atom stereocenters. The first-order valence-electron chi connectivity index (χ1n) is 12.6. The van der Waals surface area contributed by atoms with Gasteiger partial charge in [-0.2, -0.15) is 26.3 Å². The van der Waals surface area contributed by atoms with Gasteiger partial charge in [0.1, 0.15) is 16.5 Å². The number of fused-ring (bicyclic) bond motifs is 1. The Balaban J connectivity index is 1.43. The number of ether oxygens (including phenoxy) is 3. The first kappa shape index (κ1) is 33.9. The molecule has 1 aliphatic rings. The van der Waals surface area contributed by atoms with Crippen LogP contribution in [0.3, 0.4) is 0 Å². The highest BCUT2D eigenvalue weighted by molar-refractivity contribution is 7.91. The molecule has 1 aromatic heterocycles. The molecular weight excluding hydrogens is 660 g/mol. The Morgan fingerprint density at radius 2 is 1.62 bits per heavy atom. The van der Waals surface area contributed by atoms with Gasteiger partial charge in [0, 0.05) is 13.1 Å². The lowest BCUT2D eigenvalue weighted by Gasteiger charge is -2.28. The van der Waals surface area contributed by atoms with Crippen molar-refractivity contribution in [2.75, 3.05) is 19.5 Å². The zero-order valence-corrected chi connectivity index (χ0v) is 24.5. The summed E-state index contributed by atoms with van der Waals surface area (Å²) < 4.78 is 116. The molecular formula is C26H23F6N3O8S2. The summed E-state index contributed by atoms with van der Waals surface area (Å²) in [6, 6.07) is 9.68. The van der Waals surface area contributed by atoms with Crippen LogP contribution in [0.15, 0.2) is 52.7 Å². The minimum Gasteiger partial charge on any atom is -0.497 e. The maximum Gasteiger partial charge on any atom is 0.491 e. The van der Waals surface area contributed by atoms with Crippen LogP contribution in [0, 0.1) is 0 Å². The topological polar surface area (TPSA) is 154 Å². The molecule has 2 aromatic carbocycles. The van der Waals surface area contributed by atoms with E-state index in [2.05, 4.69) is 14.8 Å². The van der Waals surface area contributed by atoms with Crippen molar-refractivity contribution in [2.45, 2.75) is 42.2 Å². The summed E-state index contributed by atoms with van der Waals surface area (Å²) in [5, 5.41) is 5.30. The number of nitrogens with zero attached hydrogens (tertiary/aromatic N) is 1. The van der Waals surface area contributed by atoms with E-state index >= 15 is 0 Å². The highest BCUT2D eigenvalue weighted by atomic mass is 32.2. The van der Waals surface area contributed by atoms with Crippen molar-refractivity contribution in [2.24, 2.45) is 5.73 Å². The molecule has 0 aliphatic carbocycles. The highest BCUT2D eigenvalue weighted by Crippen LogP contribution is 2.34. The number of carbonyl (C=O) groups is 3. The lowest BCUT2D eigenvalue weighted by molar-refractivity contribution is -0.275. The number of likely N-dealkylation sites (tertiary alicyclic amines) is 1. The zero-order valence-electron chi connectivity index (χ0n) is 22.9. The molecule has 1 fully saturated rings. The average Bonchev–Trinajstić information content (AvgIpc) is 3.57. The molecule has 244 valence electrons. The normalized spacial score (nSPS) is 16.2. The molecule has 45 heavy (non-hydrogen) atoms. The van der Waals surface area contributed by atoms with E-state index in [1.165, 1.54) is 29.5 Å². The molecule has 4 rings (SSSR count). The molecule has 3 N–H and O–H groups in total. The van der Waals surface area contributed by atoms with Gasteiger partial charge < -0.3 is 19.1 Å². The molecule has 19 heteroatoms. The summed E-state index contributed by atoms with van der Waals surface area (Å²) in [6.45, 7) is -0.124. The van der Waals surface area contributed by atoms with Crippen molar-refractivity contribution in [3.05, 3.63) is 58.3 Å². The lowest BCUT2D eigenvalue weighted by Crippen LogP contribution is -2.49. The fourth-order valence-electron chi connectivity index (χ4n) is 4.28. The zero-order chi connectivity index (χ0) is 33.4. The third kappa shape index (κ3) is 7.84. The van der Waals surface area contributed by atoms with Gasteiger partial charge in [0.25, 0.3) is 0 Å². The molecule has 0 bridgehead atoms. The van der Waals surface area contributed by atoms with Crippen molar-refractivity contribution >= 4 is 49.8 Å². The summed E-state index contributed by atoms with van der Waals surface area (Å²) in [5.41, 5.74) is 5.56. The van der Waals surface area contributed by atoms with Crippen molar-refractivity contribution in [3.8, 4) is 5.75 Å². The fraction of sp³-hybridized carbons (Fsp3) is 0.346. The predicted octanol–water partition coefficient (Wildman–Crippen LogP) is 3.31. The number of thiophene rings is 1. The molecule has 0 saturated carbocycles. The maximum atomic E-state index is 13.0. The number of nitrogens with two attached hydrogens (primary N) is 1. The van der Waals surface area contributed by atoms with E-state index in [0.29, 0.717) is 22.5 Å². The van der Waals surface area contributed by atoms with Crippen LogP contribution in [0.2, 0.25) is 0 Å². The SMILES string of the molecule is COc1ccc2ccc(S(=O)(=O)CNC3CCN(Cc4csc(C(N)(OC(=O)C(F)(F)F)OC(=O)C(F)(F)F)c4)C3=O)cc2c1. The number of benzene rings is 2. The van der Waals surface area contributed by atoms with E-state index < -0.39 is 62.7 Å². The third-order valence-electron chi connectivity index (χ3n) is 6.52. The number of methoxy groups -OCH3 is 1. The monoisotopic (exact) mass is 683 g/mol. The van der Waals surface area contributed by atoms with Crippen LogP contribution in [0.5, 0.6) is 5.75 Å². The standard InChI is InChI=1S/C26H23F6N3O8S2/c1-41-17-4-2-15-3-5-18(10-16(15)9-17)45(39,40)13-34-19-6-7-35(21(19)36)11-14-8-20(44-12-14)26(33,42-22(37)24(27,28)29)43-23(38)25(30,31)32/h2-5,8-10,12,19,34H,6-7,11,13,33H2,1H3. The van der Waals surface area contributed by atoms with Gasteiger partial charge in [0.15, 0.2) is 9.84 Å².